The number of nitrogens with zero attached hydrogens (tertiary/aromatic N) is 4. The van der Waals surface area contributed by atoms with Crippen molar-refractivity contribution in [2.24, 2.45) is 0 Å². The Morgan fingerprint density at radius 2 is 1.86 bits per heavy atom. The summed E-state index contributed by atoms with van der Waals surface area (Å²) in [6, 6.07) is 8.56. The first-order valence-electron chi connectivity index (χ1n) is 9.38. The average Bonchev–Trinajstić information content (AvgIpc) is 3.31. The van der Waals surface area contributed by atoms with Gasteiger partial charge in [-0.25, -0.2) is 9.37 Å². The van der Waals surface area contributed by atoms with Gasteiger partial charge in [0.1, 0.15) is 5.82 Å². The lowest BCUT2D eigenvalue weighted by molar-refractivity contribution is 0.0926. The molecule has 0 aliphatic carbocycles. The number of ketones is 1. The van der Waals surface area contributed by atoms with Gasteiger partial charge in [0, 0.05) is 60.4 Å². The van der Waals surface area contributed by atoms with Gasteiger partial charge in [-0.3, -0.25) is 14.3 Å². The summed E-state index contributed by atoms with van der Waals surface area (Å²) in [6.07, 6.45) is 1.78. The Balaban J connectivity index is 1.40. The Bertz CT molecular complexity index is 957. The number of halogens is 1. The molecule has 0 unspecified atom stereocenters. The van der Waals surface area contributed by atoms with Crippen LogP contribution in [0, 0.1) is 19.7 Å². The van der Waals surface area contributed by atoms with Crippen LogP contribution in [0.1, 0.15) is 21.7 Å². The third-order valence-electron chi connectivity index (χ3n) is 5.27. The lowest BCUT2D eigenvalue weighted by Crippen LogP contribution is -2.48. The maximum Gasteiger partial charge on any atom is 0.193 e. The highest BCUT2D eigenvalue weighted by Crippen LogP contribution is 2.23. The summed E-state index contributed by atoms with van der Waals surface area (Å²) >= 11 is 1.57. The van der Waals surface area contributed by atoms with Crippen LogP contribution in [0.3, 0.4) is 0 Å². The fourth-order valence-corrected chi connectivity index (χ4v) is 4.52. The normalized spacial score (nSPS) is 15.2. The largest absolute Gasteiger partial charge is 0.369 e. The van der Waals surface area contributed by atoms with E-state index >= 15 is 0 Å². The topological polar surface area (TPSA) is 41.4 Å². The molecule has 1 aliphatic heterocycles. The second-order valence-electron chi connectivity index (χ2n) is 7.10. The van der Waals surface area contributed by atoms with Crippen molar-refractivity contribution in [1.29, 1.82) is 0 Å². The number of piperazine rings is 1. The molecule has 2 aromatic heterocycles. The molecular weight excluding hydrogens is 375 g/mol. The quantitative estimate of drug-likeness (QED) is 0.615. The molecule has 0 radical (unpaired) electrons. The lowest BCUT2D eigenvalue weighted by atomic mass is 10.1. The van der Waals surface area contributed by atoms with Crippen LogP contribution in [0.15, 0.2) is 41.9 Å². The number of carbonyl (C=O) groups excluding carboxylic acids is 1. The molecule has 1 fully saturated rings. The minimum atomic E-state index is -0.219. The predicted octanol–water partition coefficient (Wildman–Crippen LogP) is 3.69. The number of carbonyl (C=O) groups is 1. The maximum atomic E-state index is 13.1. The number of thiazole rings is 1. The first kappa shape index (κ1) is 18.8. The fraction of sp³-hybridized carbons (Fsp3) is 0.333. The molecule has 1 saturated heterocycles. The standard InChI is InChI=1S/C21H23FN4OS/c1-15-13-19(16(2)26(15)21-23-7-12-28-21)20(27)14-24-8-10-25(11-9-24)18-5-3-17(22)4-6-18/h3-7,12-13H,8-11,14H2,1-2H3. The van der Waals surface area contributed by atoms with Gasteiger partial charge < -0.3 is 4.90 Å². The summed E-state index contributed by atoms with van der Waals surface area (Å²) in [6.45, 7) is 7.69. The van der Waals surface area contributed by atoms with Crippen LogP contribution in [0.25, 0.3) is 5.13 Å². The van der Waals surface area contributed by atoms with E-state index in [1.165, 1.54) is 12.1 Å². The second kappa shape index (κ2) is 7.85. The molecule has 7 heteroatoms. The third kappa shape index (κ3) is 3.72. The summed E-state index contributed by atoms with van der Waals surface area (Å²) < 4.78 is 15.1. The summed E-state index contributed by atoms with van der Waals surface area (Å²) in [4.78, 5) is 21.7. The Kier molecular flexibility index (Phi) is 5.28. The fourth-order valence-electron chi connectivity index (χ4n) is 3.77. The van der Waals surface area contributed by atoms with Crippen LogP contribution < -0.4 is 4.90 Å². The third-order valence-corrected chi connectivity index (χ3v) is 6.03. The molecule has 0 saturated carbocycles. The number of rotatable bonds is 5. The molecule has 4 rings (SSSR count). The van der Waals surface area contributed by atoms with Crippen molar-refractivity contribution < 1.29 is 9.18 Å². The molecule has 146 valence electrons. The predicted molar refractivity (Wildman–Crippen MR) is 110 cm³/mol. The SMILES string of the molecule is Cc1cc(C(=O)CN2CCN(c3ccc(F)cc3)CC2)c(C)n1-c1nccs1. The second-order valence-corrected chi connectivity index (χ2v) is 7.97. The van der Waals surface area contributed by atoms with Crippen molar-refractivity contribution >= 4 is 22.8 Å². The van der Waals surface area contributed by atoms with Crippen molar-refractivity contribution in [2.45, 2.75) is 13.8 Å². The van der Waals surface area contributed by atoms with Crippen LogP contribution in [0.5, 0.6) is 0 Å². The minimum absolute atomic E-state index is 0.145. The van der Waals surface area contributed by atoms with E-state index in [2.05, 4.69) is 14.8 Å². The van der Waals surface area contributed by atoms with Crippen LogP contribution in [0.2, 0.25) is 0 Å². The van der Waals surface area contributed by atoms with Crippen LogP contribution in [0.4, 0.5) is 10.1 Å². The van der Waals surface area contributed by atoms with E-state index < -0.39 is 0 Å². The molecule has 3 heterocycles. The van der Waals surface area contributed by atoms with Gasteiger partial charge in [0.15, 0.2) is 10.9 Å². The maximum absolute atomic E-state index is 13.1. The highest BCUT2D eigenvalue weighted by Gasteiger charge is 2.23. The van der Waals surface area contributed by atoms with Gasteiger partial charge in [0.05, 0.1) is 6.54 Å². The van der Waals surface area contributed by atoms with Gasteiger partial charge in [-0.1, -0.05) is 0 Å². The molecule has 1 aromatic carbocycles. The van der Waals surface area contributed by atoms with Gasteiger partial charge in [-0.2, -0.15) is 0 Å². The molecule has 28 heavy (non-hydrogen) atoms. The highest BCUT2D eigenvalue weighted by atomic mass is 32.1. The van der Waals surface area contributed by atoms with E-state index in [1.807, 2.05) is 42.0 Å². The van der Waals surface area contributed by atoms with Crippen LogP contribution in [-0.4, -0.2) is 53.0 Å². The molecule has 1 aliphatic rings. The monoisotopic (exact) mass is 398 g/mol. The summed E-state index contributed by atoms with van der Waals surface area (Å²) in [5.41, 5.74) is 3.77. The Hall–Kier alpha value is -2.51. The first-order valence-corrected chi connectivity index (χ1v) is 10.3. The average molecular weight is 399 g/mol. The van der Waals surface area contributed by atoms with E-state index in [-0.39, 0.29) is 11.6 Å². The molecule has 5 nitrogen and oxygen atoms in total. The Labute approximate surface area is 168 Å². The van der Waals surface area contributed by atoms with Crippen molar-refractivity contribution in [3.05, 3.63) is 64.7 Å². The molecule has 0 atom stereocenters. The summed E-state index contributed by atoms with van der Waals surface area (Å²) in [5.74, 6) is -0.0746. The number of aryl methyl sites for hydroxylation is 1. The highest BCUT2D eigenvalue weighted by molar-refractivity contribution is 7.12. The summed E-state index contributed by atoms with van der Waals surface area (Å²) in [5, 5.41) is 2.83. The van der Waals surface area contributed by atoms with E-state index in [9.17, 15) is 9.18 Å². The van der Waals surface area contributed by atoms with E-state index in [1.54, 1.807) is 17.5 Å². The number of benzene rings is 1. The lowest BCUT2D eigenvalue weighted by Gasteiger charge is -2.35. The zero-order valence-electron chi connectivity index (χ0n) is 16.1. The van der Waals surface area contributed by atoms with E-state index in [4.69, 9.17) is 0 Å². The number of hydrogen-bond acceptors (Lipinski definition) is 5. The van der Waals surface area contributed by atoms with Gasteiger partial charge in [0.2, 0.25) is 0 Å². The molecular formula is C21H23FN4OS. The smallest absolute Gasteiger partial charge is 0.193 e. The van der Waals surface area contributed by atoms with Gasteiger partial charge >= 0.3 is 0 Å². The van der Waals surface area contributed by atoms with Gasteiger partial charge in [0.25, 0.3) is 0 Å². The number of Topliss-reactive ketones (excluding diaryl/α,β-unsaturated/α-hetero) is 1. The Morgan fingerprint density at radius 3 is 2.50 bits per heavy atom. The van der Waals surface area contributed by atoms with E-state index in [0.29, 0.717) is 6.54 Å². The van der Waals surface area contributed by atoms with Gasteiger partial charge in [-0.05, 0) is 44.2 Å². The molecule has 0 bridgehead atoms. The zero-order chi connectivity index (χ0) is 19.7. The number of hydrogen-bond donors (Lipinski definition) is 0. The molecule has 0 amide bonds. The number of anilines is 1. The Morgan fingerprint density at radius 1 is 1.14 bits per heavy atom. The zero-order valence-corrected chi connectivity index (χ0v) is 16.9. The van der Waals surface area contributed by atoms with Gasteiger partial charge in [-0.15, -0.1) is 11.3 Å². The first-order chi connectivity index (χ1) is 13.5. The minimum Gasteiger partial charge on any atom is -0.369 e. The summed E-state index contributed by atoms with van der Waals surface area (Å²) in [7, 11) is 0. The van der Waals surface area contributed by atoms with Crippen LogP contribution in [-0.2, 0) is 0 Å². The van der Waals surface area contributed by atoms with Crippen LogP contribution >= 0.6 is 11.3 Å². The van der Waals surface area contributed by atoms with Crippen molar-refractivity contribution in [2.75, 3.05) is 37.6 Å². The van der Waals surface area contributed by atoms with Crippen molar-refractivity contribution in [3.8, 4) is 5.13 Å². The van der Waals surface area contributed by atoms with Crippen molar-refractivity contribution in [3.63, 3.8) is 0 Å². The van der Waals surface area contributed by atoms with E-state index in [0.717, 1.165) is 53.9 Å². The number of aromatic nitrogens is 2. The molecule has 0 N–H and O–H groups in total. The van der Waals surface area contributed by atoms with Crippen molar-refractivity contribution in [1.82, 2.24) is 14.5 Å². The molecule has 3 aromatic rings. The molecule has 0 spiro atoms.